The molecule has 2 saturated carbocycles. The van der Waals surface area contributed by atoms with Crippen LogP contribution in [0.15, 0.2) is 24.6 Å². The number of hydrogen-bond donors (Lipinski definition) is 0. The van der Waals surface area contributed by atoms with E-state index in [0.29, 0.717) is 23.9 Å². The predicted octanol–water partition coefficient (Wildman–Crippen LogP) is 4.50. The van der Waals surface area contributed by atoms with E-state index >= 15 is 0 Å². The maximum absolute atomic E-state index is 12.2. The topological polar surface area (TPSA) is 29.5 Å². The van der Waals surface area contributed by atoms with E-state index in [4.69, 9.17) is 4.74 Å². The zero-order chi connectivity index (χ0) is 17.1. The summed E-state index contributed by atoms with van der Waals surface area (Å²) in [5.41, 5.74) is 1.79. The van der Waals surface area contributed by atoms with Crippen LogP contribution in [-0.4, -0.2) is 24.0 Å². The lowest BCUT2D eigenvalue weighted by Crippen LogP contribution is -2.54. The third-order valence-corrected chi connectivity index (χ3v) is 8.19. The van der Waals surface area contributed by atoms with E-state index in [2.05, 4.69) is 26.5 Å². The Bertz CT molecular complexity index is 597. The monoisotopic (exact) mass is 329 g/mol. The molecule has 24 heavy (non-hydrogen) atoms. The molecule has 4 aliphatic rings. The van der Waals surface area contributed by atoms with Crippen LogP contribution in [0.3, 0.4) is 0 Å². The van der Waals surface area contributed by atoms with Gasteiger partial charge >= 0.3 is 0 Å². The molecule has 1 unspecified atom stereocenters. The largest absolute Gasteiger partial charge is 0.498 e. The first-order chi connectivity index (χ1) is 11.4. The summed E-state index contributed by atoms with van der Waals surface area (Å²) in [6.07, 6.45) is 12.2. The fourth-order valence-electron chi connectivity index (χ4n) is 6.87. The van der Waals surface area contributed by atoms with Crippen molar-refractivity contribution in [2.75, 3.05) is 7.05 Å². The molecule has 132 valence electrons. The molecule has 1 heterocycles. The number of rotatable bonds is 2. The third-order valence-electron chi connectivity index (χ3n) is 8.19. The Labute approximate surface area is 146 Å². The van der Waals surface area contributed by atoms with E-state index in [1.54, 1.807) is 6.26 Å². The molecule has 1 aliphatic heterocycles. The van der Waals surface area contributed by atoms with Crippen LogP contribution in [0.25, 0.3) is 0 Å². The Morgan fingerprint density at radius 1 is 1.25 bits per heavy atom. The summed E-state index contributed by atoms with van der Waals surface area (Å²) < 4.78 is 5.91. The van der Waals surface area contributed by atoms with Crippen LogP contribution in [-0.2, 0) is 9.53 Å². The minimum absolute atomic E-state index is 0.185. The number of fused-ring (bicyclic) bond motifs is 5. The molecule has 0 aromatic rings. The van der Waals surface area contributed by atoms with E-state index in [1.807, 2.05) is 11.9 Å². The second-order valence-electron chi connectivity index (χ2n) is 8.99. The lowest BCUT2D eigenvalue weighted by atomic mass is 9.49. The Kier molecular flexibility index (Phi) is 3.63. The van der Waals surface area contributed by atoms with Crippen LogP contribution >= 0.6 is 0 Å². The normalized spacial score (nSPS) is 47.4. The maximum atomic E-state index is 12.2. The highest BCUT2D eigenvalue weighted by Gasteiger charge is 2.59. The molecule has 3 heteroatoms. The van der Waals surface area contributed by atoms with Crippen LogP contribution in [0.4, 0.5) is 0 Å². The molecule has 0 aromatic heterocycles. The molecule has 3 aliphatic carbocycles. The average molecular weight is 329 g/mol. The summed E-state index contributed by atoms with van der Waals surface area (Å²) in [6.45, 7) is 8.66. The molecule has 4 rings (SSSR count). The zero-order valence-corrected chi connectivity index (χ0v) is 15.4. The van der Waals surface area contributed by atoms with E-state index in [-0.39, 0.29) is 11.3 Å². The Balaban J connectivity index is 1.67. The second-order valence-corrected chi connectivity index (χ2v) is 8.99. The van der Waals surface area contributed by atoms with Crippen molar-refractivity contribution in [3.05, 3.63) is 24.6 Å². The van der Waals surface area contributed by atoms with Crippen molar-refractivity contribution in [1.29, 1.82) is 0 Å². The molecular formula is C21H31NO2. The highest BCUT2D eigenvalue weighted by atomic mass is 16.5. The second kappa shape index (κ2) is 5.37. The van der Waals surface area contributed by atoms with Gasteiger partial charge in [-0.1, -0.05) is 26.5 Å². The van der Waals surface area contributed by atoms with E-state index < -0.39 is 0 Å². The molecule has 6 atom stereocenters. The van der Waals surface area contributed by atoms with Gasteiger partial charge in [0, 0.05) is 30.0 Å². The van der Waals surface area contributed by atoms with Crippen LogP contribution in [0, 0.1) is 28.6 Å². The lowest BCUT2D eigenvalue weighted by Gasteiger charge is -2.58. The number of hydrogen-bond acceptors (Lipinski definition) is 2. The molecule has 3 fully saturated rings. The minimum Gasteiger partial charge on any atom is -0.498 e. The van der Waals surface area contributed by atoms with E-state index in [9.17, 15) is 4.79 Å². The van der Waals surface area contributed by atoms with Crippen LogP contribution < -0.4 is 0 Å². The quantitative estimate of drug-likeness (QED) is 0.698. The van der Waals surface area contributed by atoms with Crippen LogP contribution in [0.2, 0.25) is 0 Å². The van der Waals surface area contributed by atoms with Gasteiger partial charge in [0.25, 0.3) is 0 Å². The highest BCUT2D eigenvalue weighted by molar-refractivity contribution is 5.79. The van der Waals surface area contributed by atoms with E-state index in [1.165, 1.54) is 31.4 Å². The molecule has 3 nitrogen and oxygen atoms in total. The Morgan fingerprint density at radius 2 is 2.04 bits per heavy atom. The molecule has 0 bridgehead atoms. The third kappa shape index (κ3) is 1.99. The number of ether oxygens (including phenoxy) is 1. The number of allylic oxidation sites excluding steroid dienone is 2. The number of amides is 1. The first-order valence-corrected chi connectivity index (χ1v) is 9.65. The highest BCUT2D eigenvalue weighted by Crippen LogP contribution is 2.64. The molecule has 1 saturated heterocycles. The van der Waals surface area contributed by atoms with Gasteiger partial charge in [-0.05, 0) is 56.3 Å². The summed E-state index contributed by atoms with van der Waals surface area (Å²) in [7, 11) is 1.97. The zero-order valence-electron chi connectivity index (χ0n) is 15.4. The summed E-state index contributed by atoms with van der Waals surface area (Å²) >= 11 is 0. The van der Waals surface area contributed by atoms with Crippen LogP contribution in [0.1, 0.15) is 58.8 Å². The van der Waals surface area contributed by atoms with Gasteiger partial charge in [-0.2, -0.15) is 0 Å². The van der Waals surface area contributed by atoms with Crippen LogP contribution in [0.5, 0.6) is 0 Å². The van der Waals surface area contributed by atoms with Crippen molar-refractivity contribution in [3.63, 3.8) is 0 Å². The first-order valence-electron chi connectivity index (χ1n) is 9.65. The van der Waals surface area contributed by atoms with Gasteiger partial charge in [0.1, 0.15) is 6.10 Å². The number of likely N-dealkylation sites (tertiary alicyclic amines) is 1. The van der Waals surface area contributed by atoms with Gasteiger partial charge in [0.05, 0.1) is 6.26 Å². The van der Waals surface area contributed by atoms with Gasteiger partial charge in [0.2, 0.25) is 5.91 Å². The fraction of sp³-hybridized carbons (Fsp3) is 0.762. The molecule has 0 radical (unpaired) electrons. The van der Waals surface area contributed by atoms with Gasteiger partial charge < -0.3 is 9.64 Å². The average Bonchev–Trinajstić information content (AvgIpc) is 2.89. The standard InChI is InChI=1S/C21H31NO2/c1-5-24-18-9-7-15-14-6-8-17-20(2,13-11-19(23)22(17)4)16(14)10-12-21(15,18)3/h5,8,14-16,18H,1,6-7,9-13H2,2-4H3/t14-,15-,16+,18?,20+,21-/m0/s1. The lowest BCUT2D eigenvalue weighted by molar-refractivity contribution is -0.136. The smallest absolute Gasteiger partial charge is 0.226 e. The van der Waals surface area contributed by atoms with Crippen molar-refractivity contribution in [2.24, 2.45) is 28.6 Å². The summed E-state index contributed by atoms with van der Waals surface area (Å²) in [5, 5.41) is 0. The van der Waals surface area contributed by atoms with Crippen molar-refractivity contribution in [2.45, 2.75) is 64.9 Å². The van der Waals surface area contributed by atoms with Crippen molar-refractivity contribution >= 4 is 5.91 Å². The van der Waals surface area contributed by atoms with Crippen molar-refractivity contribution < 1.29 is 9.53 Å². The Morgan fingerprint density at radius 3 is 2.79 bits per heavy atom. The molecule has 1 amide bonds. The number of nitrogens with zero attached hydrogens (tertiary/aromatic N) is 1. The minimum atomic E-state index is 0.185. The number of piperidine rings is 1. The SMILES string of the molecule is C=COC1CC[C@H]2[C@@H]3CC=C4N(C)C(=O)CC[C@]4(C)[C@@H]3CC[C@]12C. The summed E-state index contributed by atoms with van der Waals surface area (Å²) in [4.78, 5) is 14.1. The van der Waals surface area contributed by atoms with Gasteiger partial charge in [-0.3, -0.25) is 4.79 Å². The molecule has 0 aromatic carbocycles. The fourth-order valence-corrected chi connectivity index (χ4v) is 6.87. The molecule has 0 spiro atoms. The molecular weight excluding hydrogens is 298 g/mol. The van der Waals surface area contributed by atoms with Gasteiger partial charge in [0.15, 0.2) is 0 Å². The van der Waals surface area contributed by atoms with Crippen molar-refractivity contribution in [1.82, 2.24) is 4.90 Å². The summed E-state index contributed by atoms with van der Waals surface area (Å²) in [6, 6.07) is 0. The van der Waals surface area contributed by atoms with Crippen molar-refractivity contribution in [3.8, 4) is 0 Å². The van der Waals surface area contributed by atoms with Gasteiger partial charge in [-0.15, -0.1) is 0 Å². The summed E-state index contributed by atoms with van der Waals surface area (Å²) in [5.74, 6) is 2.50. The van der Waals surface area contributed by atoms with Gasteiger partial charge in [-0.25, -0.2) is 0 Å². The first kappa shape index (κ1) is 16.2. The Hall–Kier alpha value is -1.25. The molecule has 0 N–H and O–H groups in total. The number of carbonyl (C=O) groups excluding carboxylic acids is 1. The maximum Gasteiger partial charge on any atom is 0.226 e. The predicted molar refractivity (Wildman–Crippen MR) is 94.9 cm³/mol. The number of carbonyl (C=O) groups is 1. The van der Waals surface area contributed by atoms with E-state index in [0.717, 1.165) is 24.7 Å².